The zero-order valence-corrected chi connectivity index (χ0v) is 10.6. The Kier molecular flexibility index (Phi) is 4.97. The quantitative estimate of drug-likeness (QED) is 0.826. The summed E-state index contributed by atoms with van der Waals surface area (Å²) in [6, 6.07) is 9.52. The third-order valence-electron chi connectivity index (χ3n) is 3.12. The van der Waals surface area contributed by atoms with Gasteiger partial charge in [-0.2, -0.15) is 0 Å². The number of rotatable bonds is 4. The van der Waals surface area contributed by atoms with E-state index in [1.165, 1.54) is 19.3 Å². The van der Waals surface area contributed by atoms with Gasteiger partial charge in [0.05, 0.1) is 0 Å². The molecule has 0 atom stereocenters. The summed E-state index contributed by atoms with van der Waals surface area (Å²) >= 11 is 0. The van der Waals surface area contributed by atoms with Gasteiger partial charge in [-0.1, -0.05) is 30.7 Å². The highest BCUT2D eigenvalue weighted by Crippen LogP contribution is 2.08. The summed E-state index contributed by atoms with van der Waals surface area (Å²) in [4.78, 5) is 14.0. The highest BCUT2D eigenvalue weighted by atomic mass is 16.1. The Bertz CT molecular complexity index is 394. The molecular weight excluding hydrogens is 224 g/mol. The first-order valence-electron chi connectivity index (χ1n) is 6.59. The minimum Gasteiger partial charge on any atom is -0.323 e. The van der Waals surface area contributed by atoms with Crippen molar-refractivity contribution in [3.05, 3.63) is 42.5 Å². The van der Waals surface area contributed by atoms with Crippen molar-refractivity contribution in [3.63, 3.8) is 0 Å². The van der Waals surface area contributed by atoms with Gasteiger partial charge in [0.2, 0.25) is 5.91 Å². The maximum Gasteiger partial charge on any atom is 0.248 e. The Morgan fingerprint density at radius 1 is 1.17 bits per heavy atom. The number of para-hydroxylation sites is 1. The molecule has 1 aliphatic heterocycles. The number of piperidine rings is 1. The van der Waals surface area contributed by atoms with Crippen LogP contribution in [0.5, 0.6) is 0 Å². The molecular formula is C15H20N2O. The SMILES string of the molecule is O=C(/C=C/CN1CCCCC1)Nc1ccccc1. The van der Waals surface area contributed by atoms with Crippen molar-refractivity contribution in [2.24, 2.45) is 0 Å². The van der Waals surface area contributed by atoms with Gasteiger partial charge in [-0.3, -0.25) is 9.69 Å². The molecule has 0 saturated carbocycles. The third-order valence-corrected chi connectivity index (χ3v) is 3.12. The summed E-state index contributed by atoms with van der Waals surface area (Å²) in [6.45, 7) is 3.19. The molecule has 1 aromatic carbocycles. The van der Waals surface area contributed by atoms with Crippen molar-refractivity contribution in [2.45, 2.75) is 19.3 Å². The molecule has 96 valence electrons. The summed E-state index contributed by atoms with van der Waals surface area (Å²) in [5, 5.41) is 2.84. The van der Waals surface area contributed by atoms with Crippen LogP contribution in [0.2, 0.25) is 0 Å². The number of hydrogen-bond donors (Lipinski definition) is 1. The second-order valence-corrected chi connectivity index (χ2v) is 4.62. The molecule has 0 radical (unpaired) electrons. The van der Waals surface area contributed by atoms with Gasteiger partial charge < -0.3 is 5.32 Å². The number of carbonyl (C=O) groups is 1. The van der Waals surface area contributed by atoms with Gasteiger partial charge in [0, 0.05) is 18.3 Å². The fourth-order valence-electron chi connectivity index (χ4n) is 2.16. The van der Waals surface area contributed by atoms with Gasteiger partial charge in [0.25, 0.3) is 0 Å². The molecule has 2 rings (SSSR count). The van der Waals surface area contributed by atoms with Crippen molar-refractivity contribution in [3.8, 4) is 0 Å². The van der Waals surface area contributed by atoms with Crippen LogP contribution < -0.4 is 5.32 Å². The first-order valence-corrected chi connectivity index (χ1v) is 6.59. The van der Waals surface area contributed by atoms with E-state index >= 15 is 0 Å². The van der Waals surface area contributed by atoms with Crippen LogP contribution in [0.1, 0.15) is 19.3 Å². The molecule has 0 bridgehead atoms. The van der Waals surface area contributed by atoms with E-state index in [0.29, 0.717) is 0 Å². The predicted octanol–water partition coefficient (Wildman–Crippen LogP) is 2.67. The van der Waals surface area contributed by atoms with E-state index in [-0.39, 0.29) is 5.91 Å². The molecule has 3 nitrogen and oxygen atoms in total. The normalized spacial score (nSPS) is 16.9. The monoisotopic (exact) mass is 244 g/mol. The topological polar surface area (TPSA) is 32.3 Å². The molecule has 0 unspecified atom stereocenters. The zero-order chi connectivity index (χ0) is 12.6. The van der Waals surface area contributed by atoms with Gasteiger partial charge >= 0.3 is 0 Å². The molecule has 1 aliphatic rings. The van der Waals surface area contributed by atoms with Crippen LogP contribution in [0, 0.1) is 0 Å². The maximum atomic E-state index is 11.6. The minimum absolute atomic E-state index is 0.0572. The van der Waals surface area contributed by atoms with Crippen molar-refractivity contribution in [1.29, 1.82) is 0 Å². The van der Waals surface area contributed by atoms with Crippen LogP contribution >= 0.6 is 0 Å². The first-order chi connectivity index (χ1) is 8.84. The lowest BCUT2D eigenvalue weighted by Gasteiger charge is -2.24. The summed E-state index contributed by atoms with van der Waals surface area (Å²) in [5.41, 5.74) is 0.838. The Morgan fingerprint density at radius 3 is 2.61 bits per heavy atom. The highest BCUT2D eigenvalue weighted by Gasteiger charge is 2.07. The smallest absolute Gasteiger partial charge is 0.248 e. The number of nitrogens with one attached hydrogen (secondary N) is 1. The standard InChI is InChI=1S/C15H20N2O/c18-15(16-14-8-3-1-4-9-14)10-7-13-17-11-5-2-6-12-17/h1,3-4,7-10H,2,5-6,11-13H2,(H,16,18)/b10-7+. The van der Waals surface area contributed by atoms with E-state index in [1.54, 1.807) is 6.08 Å². The van der Waals surface area contributed by atoms with Crippen LogP contribution in [0.3, 0.4) is 0 Å². The van der Waals surface area contributed by atoms with Crippen LogP contribution in [0.25, 0.3) is 0 Å². The molecule has 1 amide bonds. The third kappa shape index (κ3) is 4.34. The fraction of sp³-hybridized carbons (Fsp3) is 0.400. The van der Waals surface area contributed by atoms with Crippen LogP contribution in [-0.4, -0.2) is 30.4 Å². The summed E-state index contributed by atoms with van der Waals surface area (Å²) in [7, 11) is 0. The Morgan fingerprint density at radius 2 is 1.89 bits per heavy atom. The van der Waals surface area contributed by atoms with Gasteiger partial charge in [0.15, 0.2) is 0 Å². The number of likely N-dealkylation sites (tertiary alicyclic amines) is 1. The maximum absolute atomic E-state index is 11.6. The van der Waals surface area contributed by atoms with Crippen LogP contribution in [0.15, 0.2) is 42.5 Å². The van der Waals surface area contributed by atoms with E-state index in [4.69, 9.17) is 0 Å². The van der Waals surface area contributed by atoms with Crippen molar-refractivity contribution in [1.82, 2.24) is 4.90 Å². The molecule has 1 N–H and O–H groups in total. The lowest BCUT2D eigenvalue weighted by molar-refractivity contribution is -0.111. The van der Waals surface area contributed by atoms with E-state index < -0.39 is 0 Å². The largest absolute Gasteiger partial charge is 0.323 e. The molecule has 18 heavy (non-hydrogen) atoms. The number of hydrogen-bond acceptors (Lipinski definition) is 2. The summed E-state index contributed by atoms with van der Waals surface area (Å²) < 4.78 is 0. The average molecular weight is 244 g/mol. The molecule has 1 aromatic rings. The summed E-state index contributed by atoms with van der Waals surface area (Å²) in [5.74, 6) is -0.0572. The van der Waals surface area contributed by atoms with Gasteiger partial charge in [-0.05, 0) is 38.1 Å². The lowest BCUT2D eigenvalue weighted by atomic mass is 10.1. The summed E-state index contributed by atoms with van der Waals surface area (Å²) in [6.07, 6.45) is 7.48. The molecule has 0 spiro atoms. The Balaban J connectivity index is 1.73. The Labute approximate surface area is 108 Å². The molecule has 0 aromatic heterocycles. The zero-order valence-electron chi connectivity index (χ0n) is 10.6. The van der Waals surface area contributed by atoms with Gasteiger partial charge in [-0.15, -0.1) is 0 Å². The number of anilines is 1. The van der Waals surface area contributed by atoms with Crippen LogP contribution in [-0.2, 0) is 4.79 Å². The molecule has 0 aliphatic carbocycles. The van der Waals surface area contributed by atoms with E-state index in [1.807, 2.05) is 36.4 Å². The van der Waals surface area contributed by atoms with Gasteiger partial charge in [0.1, 0.15) is 0 Å². The average Bonchev–Trinajstić information content (AvgIpc) is 2.41. The minimum atomic E-state index is -0.0572. The van der Waals surface area contributed by atoms with E-state index in [0.717, 1.165) is 25.3 Å². The lowest BCUT2D eigenvalue weighted by Crippen LogP contribution is -2.29. The number of benzene rings is 1. The van der Waals surface area contributed by atoms with Crippen molar-refractivity contribution < 1.29 is 4.79 Å². The second kappa shape index (κ2) is 6.97. The first kappa shape index (κ1) is 12.8. The number of nitrogens with zero attached hydrogens (tertiary/aromatic N) is 1. The molecule has 1 fully saturated rings. The number of carbonyl (C=O) groups excluding carboxylic acids is 1. The molecule has 3 heteroatoms. The van der Waals surface area contributed by atoms with Crippen LogP contribution in [0.4, 0.5) is 5.69 Å². The van der Waals surface area contributed by atoms with E-state index in [2.05, 4.69) is 10.2 Å². The number of amides is 1. The highest BCUT2D eigenvalue weighted by molar-refractivity contribution is 5.99. The fourth-order valence-corrected chi connectivity index (χ4v) is 2.16. The van der Waals surface area contributed by atoms with Gasteiger partial charge in [-0.25, -0.2) is 0 Å². The second-order valence-electron chi connectivity index (χ2n) is 4.62. The predicted molar refractivity (Wildman–Crippen MR) is 74.5 cm³/mol. The molecule has 1 heterocycles. The Hall–Kier alpha value is -1.61. The van der Waals surface area contributed by atoms with Crippen molar-refractivity contribution >= 4 is 11.6 Å². The molecule has 1 saturated heterocycles. The van der Waals surface area contributed by atoms with Crippen molar-refractivity contribution in [2.75, 3.05) is 25.0 Å². The van der Waals surface area contributed by atoms with E-state index in [9.17, 15) is 4.79 Å².